The van der Waals surface area contributed by atoms with E-state index < -0.39 is 0 Å². The van der Waals surface area contributed by atoms with Crippen LogP contribution >= 0.6 is 28.1 Å². The van der Waals surface area contributed by atoms with E-state index in [2.05, 4.69) is 26.1 Å². The van der Waals surface area contributed by atoms with Gasteiger partial charge in [0.1, 0.15) is 0 Å². The number of hydrogen-bond acceptors (Lipinski definition) is 2. The summed E-state index contributed by atoms with van der Waals surface area (Å²) < 4.78 is 3.65. The molecule has 0 aliphatic carbocycles. The smallest absolute Gasteiger partial charge is 0.195 e. The standard InChI is InChI=1S/C10H10BrN3S/c1-2-14-9(12-13-10(14)15)7-5-3-4-6-8(7)11/h3-6H,2H2,1H3,(H,13,15). The van der Waals surface area contributed by atoms with Crippen LogP contribution in [-0.2, 0) is 6.54 Å². The van der Waals surface area contributed by atoms with Gasteiger partial charge in [-0.1, -0.05) is 34.1 Å². The van der Waals surface area contributed by atoms with E-state index in [0.717, 1.165) is 22.4 Å². The van der Waals surface area contributed by atoms with Gasteiger partial charge < -0.3 is 4.57 Å². The van der Waals surface area contributed by atoms with Crippen molar-refractivity contribution in [2.75, 3.05) is 0 Å². The zero-order chi connectivity index (χ0) is 10.8. The molecule has 0 fully saturated rings. The third-order valence-electron chi connectivity index (χ3n) is 2.19. The average molecular weight is 284 g/mol. The molecule has 1 aromatic carbocycles. The summed E-state index contributed by atoms with van der Waals surface area (Å²) in [5.41, 5.74) is 1.05. The Bertz CT molecular complexity index is 529. The number of nitrogens with one attached hydrogen (secondary N) is 1. The largest absolute Gasteiger partial charge is 0.300 e. The first-order chi connectivity index (χ1) is 7.24. The highest BCUT2D eigenvalue weighted by Crippen LogP contribution is 2.26. The predicted molar refractivity (Wildman–Crippen MR) is 66.2 cm³/mol. The quantitative estimate of drug-likeness (QED) is 0.858. The van der Waals surface area contributed by atoms with Crippen LogP contribution in [0.4, 0.5) is 0 Å². The van der Waals surface area contributed by atoms with Gasteiger partial charge in [-0.25, -0.2) is 0 Å². The number of rotatable bonds is 2. The third kappa shape index (κ3) is 1.89. The lowest BCUT2D eigenvalue weighted by Gasteiger charge is -2.04. The van der Waals surface area contributed by atoms with E-state index in [1.807, 2.05) is 35.8 Å². The molecule has 78 valence electrons. The van der Waals surface area contributed by atoms with Crippen molar-refractivity contribution in [3.8, 4) is 11.4 Å². The maximum atomic E-state index is 5.14. The number of nitrogens with zero attached hydrogens (tertiary/aromatic N) is 2. The summed E-state index contributed by atoms with van der Waals surface area (Å²) in [5.74, 6) is 0.870. The van der Waals surface area contributed by atoms with Gasteiger partial charge in [0, 0.05) is 16.6 Å². The number of aromatic amines is 1. The molecule has 15 heavy (non-hydrogen) atoms. The summed E-state index contributed by atoms with van der Waals surface area (Å²) in [6, 6.07) is 7.97. The van der Waals surface area contributed by atoms with Crippen LogP contribution in [0.25, 0.3) is 11.4 Å². The van der Waals surface area contributed by atoms with Crippen molar-refractivity contribution >= 4 is 28.1 Å². The Morgan fingerprint density at radius 3 is 2.87 bits per heavy atom. The lowest BCUT2D eigenvalue weighted by molar-refractivity contribution is 0.755. The number of halogens is 1. The molecule has 0 bridgehead atoms. The first-order valence-electron chi connectivity index (χ1n) is 4.64. The Hall–Kier alpha value is -0.940. The van der Waals surface area contributed by atoms with Gasteiger partial charge in [0.25, 0.3) is 0 Å². The number of hydrogen-bond donors (Lipinski definition) is 1. The lowest BCUT2D eigenvalue weighted by Crippen LogP contribution is -1.97. The Morgan fingerprint density at radius 1 is 1.47 bits per heavy atom. The van der Waals surface area contributed by atoms with Gasteiger partial charge in [0.05, 0.1) is 0 Å². The summed E-state index contributed by atoms with van der Waals surface area (Å²) in [6.07, 6.45) is 0. The molecule has 0 saturated carbocycles. The van der Waals surface area contributed by atoms with E-state index >= 15 is 0 Å². The fourth-order valence-electron chi connectivity index (χ4n) is 1.46. The summed E-state index contributed by atoms with van der Waals surface area (Å²) >= 11 is 8.65. The minimum absolute atomic E-state index is 0.656. The molecular weight excluding hydrogens is 274 g/mol. The van der Waals surface area contributed by atoms with Crippen molar-refractivity contribution in [2.24, 2.45) is 0 Å². The van der Waals surface area contributed by atoms with Crippen molar-refractivity contribution in [2.45, 2.75) is 13.5 Å². The van der Waals surface area contributed by atoms with Gasteiger partial charge in [-0.2, -0.15) is 5.10 Å². The van der Waals surface area contributed by atoms with E-state index in [1.54, 1.807) is 0 Å². The monoisotopic (exact) mass is 283 g/mol. The van der Waals surface area contributed by atoms with Gasteiger partial charge >= 0.3 is 0 Å². The molecule has 1 N–H and O–H groups in total. The highest BCUT2D eigenvalue weighted by atomic mass is 79.9. The van der Waals surface area contributed by atoms with Gasteiger partial charge in [0.2, 0.25) is 0 Å². The van der Waals surface area contributed by atoms with E-state index in [0.29, 0.717) is 4.77 Å². The van der Waals surface area contributed by atoms with Crippen LogP contribution in [0.5, 0.6) is 0 Å². The summed E-state index contributed by atoms with van der Waals surface area (Å²) in [5, 5.41) is 7.04. The Kier molecular flexibility index (Phi) is 3.02. The predicted octanol–water partition coefficient (Wildman–Crippen LogP) is 3.39. The van der Waals surface area contributed by atoms with Crippen molar-refractivity contribution in [1.29, 1.82) is 0 Å². The van der Waals surface area contributed by atoms with Crippen molar-refractivity contribution in [3.05, 3.63) is 33.5 Å². The maximum absolute atomic E-state index is 5.14. The number of H-pyrrole nitrogens is 1. The van der Waals surface area contributed by atoms with Crippen LogP contribution in [0.3, 0.4) is 0 Å². The van der Waals surface area contributed by atoms with Gasteiger partial charge in [-0.15, -0.1) is 0 Å². The molecule has 0 atom stereocenters. The molecule has 0 amide bonds. The molecular formula is C10H10BrN3S. The number of aromatic nitrogens is 3. The van der Waals surface area contributed by atoms with Crippen LogP contribution in [0, 0.1) is 4.77 Å². The molecule has 0 spiro atoms. The van der Waals surface area contributed by atoms with Crippen LogP contribution in [0.1, 0.15) is 6.92 Å². The molecule has 0 unspecified atom stereocenters. The highest BCUT2D eigenvalue weighted by Gasteiger charge is 2.09. The van der Waals surface area contributed by atoms with E-state index in [4.69, 9.17) is 12.2 Å². The SMILES string of the molecule is CCn1c(-c2ccccc2Br)n[nH]c1=S. The fraction of sp³-hybridized carbons (Fsp3) is 0.200. The van der Waals surface area contributed by atoms with Crippen molar-refractivity contribution in [3.63, 3.8) is 0 Å². The van der Waals surface area contributed by atoms with Gasteiger partial charge in [-0.05, 0) is 25.2 Å². The first kappa shape index (κ1) is 10.6. The highest BCUT2D eigenvalue weighted by molar-refractivity contribution is 9.10. The Balaban J connectivity index is 2.64. The number of benzene rings is 1. The second-order valence-corrected chi connectivity index (χ2v) is 4.32. The maximum Gasteiger partial charge on any atom is 0.195 e. The van der Waals surface area contributed by atoms with Crippen LogP contribution in [0.2, 0.25) is 0 Å². The van der Waals surface area contributed by atoms with Crippen LogP contribution in [-0.4, -0.2) is 14.8 Å². The molecule has 0 radical (unpaired) electrons. The molecule has 2 rings (SSSR count). The first-order valence-corrected chi connectivity index (χ1v) is 5.84. The van der Waals surface area contributed by atoms with Gasteiger partial charge in [0.15, 0.2) is 10.6 Å². The average Bonchev–Trinajstić information content (AvgIpc) is 2.60. The zero-order valence-corrected chi connectivity index (χ0v) is 10.6. The van der Waals surface area contributed by atoms with Crippen molar-refractivity contribution < 1.29 is 0 Å². The normalized spacial score (nSPS) is 10.5. The molecule has 0 aliphatic rings. The third-order valence-corrected chi connectivity index (χ3v) is 3.19. The topological polar surface area (TPSA) is 33.6 Å². The molecule has 2 aromatic rings. The van der Waals surface area contributed by atoms with E-state index in [1.165, 1.54) is 0 Å². The molecule has 1 heterocycles. The fourth-order valence-corrected chi connectivity index (χ4v) is 2.18. The van der Waals surface area contributed by atoms with E-state index in [-0.39, 0.29) is 0 Å². The van der Waals surface area contributed by atoms with Crippen molar-refractivity contribution in [1.82, 2.24) is 14.8 Å². The lowest BCUT2D eigenvalue weighted by atomic mass is 10.2. The Labute approximate surface area is 101 Å². The van der Waals surface area contributed by atoms with Crippen LogP contribution in [0.15, 0.2) is 28.7 Å². The summed E-state index contributed by atoms with van der Waals surface area (Å²) in [6.45, 7) is 2.86. The molecule has 0 saturated heterocycles. The molecule has 3 nitrogen and oxygen atoms in total. The van der Waals surface area contributed by atoms with Crippen LogP contribution < -0.4 is 0 Å². The Morgan fingerprint density at radius 2 is 2.20 bits per heavy atom. The second kappa shape index (κ2) is 4.28. The summed E-state index contributed by atoms with van der Waals surface area (Å²) in [4.78, 5) is 0. The minimum atomic E-state index is 0.656. The van der Waals surface area contributed by atoms with E-state index in [9.17, 15) is 0 Å². The summed E-state index contributed by atoms with van der Waals surface area (Å²) in [7, 11) is 0. The van der Waals surface area contributed by atoms with Gasteiger partial charge in [-0.3, -0.25) is 5.10 Å². The molecule has 1 aromatic heterocycles. The molecule has 5 heteroatoms. The molecule has 0 aliphatic heterocycles. The second-order valence-electron chi connectivity index (χ2n) is 3.08. The minimum Gasteiger partial charge on any atom is -0.300 e. The zero-order valence-electron chi connectivity index (χ0n) is 8.20.